The van der Waals surface area contributed by atoms with Gasteiger partial charge in [-0.25, -0.2) is 0 Å². The van der Waals surface area contributed by atoms with Gasteiger partial charge >= 0.3 is 0 Å². The Balaban J connectivity index is 1.62. The zero-order valence-electron chi connectivity index (χ0n) is 19.5. The summed E-state index contributed by atoms with van der Waals surface area (Å²) in [5, 5.41) is 0. The first-order chi connectivity index (χ1) is 13.9. The van der Waals surface area contributed by atoms with Crippen LogP contribution in [-0.2, 0) is 28.4 Å². The van der Waals surface area contributed by atoms with Crippen LogP contribution in [0.3, 0.4) is 0 Å². The zero-order valence-corrected chi connectivity index (χ0v) is 19.5. The fraction of sp³-hybridized carbons (Fsp3) is 0.833. The normalized spacial score (nSPS) is 40.5. The van der Waals surface area contributed by atoms with E-state index in [-0.39, 0.29) is 36.6 Å². The van der Waals surface area contributed by atoms with Gasteiger partial charge in [0.15, 0.2) is 17.4 Å². The summed E-state index contributed by atoms with van der Waals surface area (Å²) in [6, 6.07) is 0. The van der Waals surface area contributed by atoms with Crippen molar-refractivity contribution >= 4 is 0 Å². The average Bonchev–Trinajstić information content (AvgIpc) is 2.57. The van der Waals surface area contributed by atoms with Gasteiger partial charge in [0.05, 0.1) is 36.6 Å². The highest BCUT2D eigenvalue weighted by molar-refractivity contribution is 4.92. The van der Waals surface area contributed by atoms with Crippen molar-refractivity contribution in [3.8, 4) is 0 Å². The molecule has 0 aromatic rings. The number of rotatable bonds is 6. The van der Waals surface area contributed by atoms with E-state index in [4.69, 9.17) is 28.4 Å². The first kappa shape index (κ1) is 23.9. The predicted molar refractivity (Wildman–Crippen MR) is 115 cm³/mol. The molecule has 30 heavy (non-hydrogen) atoms. The van der Waals surface area contributed by atoms with Crippen LogP contribution in [0.25, 0.3) is 0 Å². The van der Waals surface area contributed by atoms with Gasteiger partial charge < -0.3 is 28.4 Å². The van der Waals surface area contributed by atoms with Crippen molar-refractivity contribution in [2.45, 2.75) is 128 Å². The van der Waals surface area contributed by atoms with E-state index < -0.39 is 17.4 Å². The number of hydrogen-bond acceptors (Lipinski definition) is 6. The van der Waals surface area contributed by atoms with Crippen LogP contribution in [0, 0.1) is 0 Å². The lowest BCUT2D eigenvalue weighted by Crippen LogP contribution is -2.50. The van der Waals surface area contributed by atoms with Gasteiger partial charge in [0, 0.05) is 32.1 Å². The molecule has 6 atom stereocenters. The lowest BCUT2D eigenvalue weighted by molar-refractivity contribution is -0.330. The van der Waals surface area contributed by atoms with Crippen molar-refractivity contribution in [2.75, 3.05) is 0 Å². The van der Waals surface area contributed by atoms with Crippen LogP contribution >= 0.6 is 0 Å². The van der Waals surface area contributed by atoms with E-state index in [1.54, 1.807) is 0 Å². The van der Waals surface area contributed by atoms with Gasteiger partial charge in [0.1, 0.15) is 0 Å². The van der Waals surface area contributed by atoms with Crippen molar-refractivity contribution in [1.29, 1.82) is 0 Å². The monoisotopic (exact) mass is 424 g/mol. The Morgan fingerprint density at radius 2 is 0.867 bits per heavy atom. The van der Waals surface area contributed by atoms with Crippen molar-refractivity contribution in [3.05, 3.63) is 25.3 Å². The van der Waals surface area contributed by atoms with Crippen LogP contribution in [0.5, 0.6) is 0 Å². The highest BCUT2D eigenvalue weighted by Gasteiger charge is 2.42. The molecule has 2 unspecified atom stereocenters. The molecule has 3 rings (SSSR count). The third-order valence-corrected chi connectivity index (χ3v) is 5.77. The summed E-state index contributed by atoms with van der Waals surface area (Å²) in [5.41, 5.74) is 0. The third kappa shape index (κ3) is 6.62. The minimum absolute atomic E-state index is 0.00361. The lowest BCUT2D eigenvalue weighted by Gasteiger charge is -2.46. The van der Waals surface area contributed by atoms with Gasteiger partial charge in [-0.1, -0.05) is 12.2 Å². The van der Waals surface area contributed by atoms with Crippen LogP contribution < -0.4 is 0 Å². The van der Waals surface area contributed by atoms with Crippen molar-refractivity contribution in [2.24, 2.45) is 0 Å². The smallest absolute Gasteiger partial charge is 0.163 e. The van der Waals surface area contributed by atoms with E-state index in [1.165, 1.54) is 0 Å². The predicted octanol–water partition coefficient (Wildman–Crippen LogP) is 4.87. The summed E-state index contributed by atoms with van der Waals surface area (Å²) >= 11 is 0. The summed E-state index contributed by atoms with van der Waals surface area (Å²) in [4.78, 5) is 0. The molecule has 6 nitrogen and oxygen atoms in total. The molecule has 3 fully saturated rings. The summed E-state index contributed by atoms with van der Waals surface area (Å²) in [5.74, 6) is -1.89. The van der Waals surface area contributed by atoms with E-state index in [9.17, 15) is 0 Å². The van der Waals surface area contributed by atoms with Crippen molar-refractivity contribution in [1.82, 2.24) is 0 Å². The van der Waals surface area contributed by atoms with Gasteiger partial charge in [-0.3, -0.25) is 0 Å². The van der Waals surface area contributed by atoms with Crippen molar-refractivity contribution < 1.29 is 28.4 Å². The molecule has 0 aromatic carbocycles. The topological polar surface area (TPSA) is 55.4 Å². The Hall–Kier alpha value is -0.760. The summed E-state index contributed by atoms with van der Waals surface area (Å²) in [6.07, 6.45) is 7.90. The molecule has 0 spiro atoms. The molecule has 0 bridgehead atoms. The SMILES string of the molecule is C=CC1C[C@@H](C[C@@H]2C[C@@H](C[C@@H]3CC(C=C)OC(C)(C)O3)OC(C)(C)O2)OC(C)(C)O1. The molecule has 0 N–H and O–H groups in total. The highest BCUT2D eigenvalue weighted by atomic mass is 16.7. The molecule has 0 aromatic heterocycles. The minimum Gasteiger partial charge on any atom is -0.347 e. The largest absolute Gasteiger partial charge is 0.347 e. The molecule has 0 aliphatic carbocycles. The van der Waals surface area contributed by atoms with Gasteiger partial charge in [-0.05, 0) is 41.5 Å². The Morgan fingerprint density at radius 1 is 0.567 bits per heavy atom. The molecule has 0 radical (unpaired) electrons. The molecule has 0 amide bonds. The van der Waals surface area contributed by atoms with Crippen molar-refractivity contribution in [3.63, 3.8) is 0 Å². The number of hydrogen-bond donors (Lipinski definition) is 0. The van der Waals surface area contributed by atoms with Crippen LogP contribution in [0.15, 0.2) is 25.3 Å². The van der Waals surface area contributed by atoms with Gasteiger partial charge in [0.2, 0.25) is 0 Å². The van der Waals surface area contributed by atoms with Crippen LogP contribution in [0.1, 0.15) is 73.6 Å². The van der Waals surface area contributed by atoms with Crippen LogP contribution in [-0.4, -0.2) is 54.0 Å². The Kier molecular flexibility index (Phi) is 7.17. The second-order valence-corrected chi connectivity index (χ2v) is 10.1. The van der Waals surface area contributed by atoms with Gasteiger partial charge in [-0.15, -0.1) is 13.2 Å². The van der Waals surface area contributed by atoms with Crippen LogP contribution in [0.4, 0.5) is 0 Å². The molecular formula is C24H40O6. The molecule has 3 aliphatic rings. The summed E-state index contributed by atoms with van der Waals surface area (Å²) < 4.78 is 36.7. The van der Waals surface area contributed by atoms with E-state index in [0.717, 1.165) is 32.1 Å². The molecule has 6 heteroatoms. The number of ether oxygens (including phenoxy) is 6. The summed E-state index contributed by atoms with van der Waals surface area (Å²) in [7, 11) is 0. The average molecular weight is 425 g/mol. The van der Waals surface area contributed by atoms with Gasteiger partial charge in [-0.2, -0.15) is 0 Å². The molecule has 0 saturated carbocycles. The summed E-state index contributed by atoms with van der Waals surface area (Å²) in [6.45, 7) is 19.6. The maximum Gasteiger partial charge on any atom is 0.163 e. The van der Waals surface area contributed by atoms with E-state index in [2.05, 4.69) is 13.2 Å². The Morgan fingerprint density at radius 3 is 1.20 bits per heavy atom. The second kappa shape index (κ2) is 9.00. The van der Waals surface area contributed by atoms with Gasteiger partial charge in [0.25, 0.3) is 0 Å². The standard InChI is InChI=1S/C24H40O6/c1-9-16-11-18(27-22(3,4)25-16)13-20-15-21(30-24(7,8)29-20)14-19-12-17(10-2)26-23(5,6)28-19/h9-10,16-21H,1-2,11-15H2,3-8H3/t16?,17?,18-,19-,20+,21+/m0/s1. The first-order valence-electron chi connectivity index (χ1n) is 11.2. The fourth-order valence-corrected chi connectivity index (χ4v) is 4.97. The fourth-order valence-electron chi connectivity index (χ4n) is 4.97. The zero-order chi connectivity index (χ0) is 22.2. The maximum atomic E-state index is 6.27. The second-order valence-electron chi connectivity index (χ2n) is 10.1. The Labute approximate surface area is 181 Å². The third-order valence-electron chi connectivity index (χ3n) is 5.77. The first-order valence-corrected chi connectivity index (χ1v) is 11.2. The van der Waals surface area contributed by atoms with Crippen LogP contribution in [0.2, 0.25) is 0 Å². The Bertz CT molecular complexity index is 563. The minimum atomic E-state index is -0.648. The molecule has 3 aliphatic heterocycles. The maximum absolute atomic E-state index is 6.27. The lowest BCUT2D eigenvalue weighted by atomic mass is 9.94. The van der Waals surface area contributed by atoms with E-state index >= 15 is 0 Å². The molecule has 3 saturated heterocycles. The highest BCUT2D eigenvalue weighted by Crippen LogP contribution is 2.37. The molecule has 3 heterocycles. The molecule has 172 valence electrons. The quantitative estimate of drug-likeness (QED) is 0.567. The molecular weight excluding hydrogens is 384 g/mol. The van der Waals surface area contributed by atoms with E-state index in [1.807, 2.05) is 53.7 Å². The van der Waals surface area contributed by atoms with E-state index in [0.29, 0.717) is 0 Å².